The van der Waals surface area contributed by atoms with Crippen molar-refractivity contribution >= 4 is 6.29 Å². The Bertz CT molecular complexity index is 219. The summed E-state index contributed by atoms with van der Waals surface area (Å²) in [6.45, 7) is 4.29. The molecule has 2 unspecified atom stereocenters. The van der Waals surface area contributed by atoms with Gasteiger partial charge in [0.2, 0.25) is 0 Å². The van der Waals surface area contributed by atoms with Gasteiger partial charge in [-0.3, -0.25) is 0 Å². The molecular weight excluding hydrogens is 136 g/mol. The fourth-order valence-electron chi connectivity index (χ4n) is 2.55. The van der Waals surface area contributed by atoms with E-state index in [1.807, 2.05) is 0 Å². The molecule has 2 rings (SSSR count). The lowest BCUT2D eigenvalue weighted by molar-refractivity contribution is -0.118. The van der Waals surface area contributed by atoms with E-state index in [1.165, 1.54) is 6.42 Å². The smallest absolute Gasteiger partial charge is 0.126 e. The molecule has 0 aromatic heterocycles. The van der Waals surface area contributed by atoms with Crippen LogP contribution in [0.15, 0.2) is 12.2 Å². The van der Waals surface area contributed by atoms with Crippen molar-refractivity contribution in [3.8, 4) is 0 Å². The number of hydrogen-bond donors (Lipinski definition) is 0. The molecule has 0 aliphatic heterocycles. The van der Waals surface area contributed by atoms with Crippen LogP contribution in [0.3, 0.4) is 0 Å². The van der Waals surface area contributed by atoms with Crippen LogP contribution in [0.1, 0.15) is 20.3 Å². The summed E-state index contributed by atoms with van der Waals surface area (Å²) in [7, 11) is 0. The van der Waals surface area contributed by atoms with Crippen LogP contribution in [0.2, 0.25) is 0 Å². The van der Waals surface area contributed by atoms with Crippen molar-refractivity contribution in [2.45, 2.75) is 20.3 Å². The molecule has 2 aliphatic rings. The van der Waals surface area contributed by atoms with Crippen LogP contribution < -0.4 is 0 Å². The van der Waals surface area contributed by atoms with Gasteiger partial charge < -0.3 is 4.79 Å². The molecule has 2 aliphatic carbocycles. The summed E-state index contributed by atoms with van der Waals surface area (Å²) in [5.74, 6) is 1.75. The lowest BCUT2D eigenvalue weighted by Crippen LogP contribution is -2.30. The van der Waals surface area contributed by atoms with Gasteiger partial charge in [0, 0.05) is 5.41 Å². The topological polar surface area (TPSA) is 17.1 Å². The number of fused-ring (bicyclic) bond motifs is 2. The quantitative estimate of drug-likeness (QED) is 0.413. The third-order valence-electron chi connectivity index (χ3n) is 3.79. The molecule has 1 nitrogen and oxygen atoms in total. The second-order valence-corrected chi connectivity index (χ2v) is 4.16. The molecule has 1 saturated carbocycles. The molecule has 2 bridgehead atoms. The lowest BCUT2D eigenvalue weighted by atomic mass is 9.72. The third kappa shape index (κ3) is 0.688. The van der Waals surface area contributed by atoms with Gasteiger partial charge in [0.15, 0.2) is 0 Å². The van der Waals surface area contributed by atoms with E-state index >= 15 is 0 Å². The zero-order valence-corrected chi connectivity index (χ0v) is 7.08. The van der Waals surface area contributed by atoms with Crippen molar-refractivity contribution in [1.82, 2.24) is 0 Å². The summed E-state index contributed by atoms with van der Waals surface area (Å²) in [6.07, 6.45) is 6.86. The molecule has 0 saturated heterocycles. The predicted molar refractivity (Wildman–Crippen MR) is 44.1 cm³/mol. The van der Waals surface area contributed by atoms with Crippen LogP contribution in [0.4, 0.5) is 0 Å². The normalized spacial score (nSPS) is 53.5. The Kier molecular flexibility index (Phi) is 1.26. The highest BCUT2D eigenvalue weighted by Crippen LogP contribution is 2.54. The largest absolute Gasteiger partial charge is 0.303 e. The van der Waals surface area contributed by atoms with Crippen molar-refractivity contribution in [1.29, 1.82) is 0 Å². The Morgan fingerprint density at radius 2 is 2.27 bits per heavy atom. The first-order valence-corrected chi connectivity index (χ1v) is 4.33. The van der Waals surface area contributed by atoms with Gasteiger partial charge in [-0.1, -0.05) is 26.0 Å². The number of hydrogen-bond acceptors (Lipinski definition) is 1. The Labute approximate surface area is 67.5 Å². The van der Waals surface area contributed by atoms with Crippen LogP contribution in [0.5, 0.6) is 0 Å². The summed E-state index contributed by atoms with van der Waals surface area (Å²) < 4.78 is 0. The van der Waals surface area contributed by atoms with Gasteiger partial charge in [-0.2, -0.15) is 0 Å². The molecule has 0 spiro atoms. The molecule has 0 amide bonds. The first-order valence-electron chi connectivity index (χ1n) is 4.33. The molecule has 60 valence electrons. The third-order valence-corrected chi connectivity index (χ3v) is 3.79. The minimum atomic E-state index is -0.0561. The summed E-state index contributed by atoms with van der Waals surface area (Å²) in [6, 6.07) is 0. The standard InChI is InChI=1S/C10H14O/c1-7-8-3-4-9(5-8)10(7,2)6-11/h3-4,6-9H,5H2,1-2H3/t7-,8?,9?,10-/m1/s1. The number of allylic oxidation sites excluding steroid dienone is 2. The van der Waals surface area contributed by atoms with Crippen LogP contribution in [-0.2, 0) is 4.79 Å². The summed E-state index contributed by atoms with van der Waals surface area (Å²) in [5.41, 5.74) is -0.0561. The molecule has 1 fully saturated rings. The SMILES string of the molecule is C[C@@H]1C2C=CC(C2)[C@]1(C)C=O. The maximum Gasteiger partial charge on any atom is 0.126 e. The Balaban J connectivity index is 2.38. The number of aldehydes is 1. The van der Waals surface area contributed by atoms with E-state index in [0.717, 1.165) is 6.29 Å². The van der Waals surface area contributed by atoms with E-state index in [1.54, 1.807) is 0 Å². The highest BCUT2D eigenvalue weighted by Gasteiger charge is 2.50. The van der Waals surface area contributed by atoms with E-state index in [9.17, 15) is 4.79 Å². The van der Waals surface area contributed by atoms with Crippen molar-refractivity contribution in [2.24, 2.45) is 23.2 Å². The van der Waals surface area contributed by atoms with Gasteiger partial charge in [0.05, 0.1) is 0 Å². The van der Waals surface area contributed by atoms with E-state index in [4.69, 9.17) is 0 Å². The van der Waals surface area contributed by atoms with Gasteiger partial charge in [-0.15, -0.1) is 0 Å². The maximum absolute atomic E-state index is 10.9. The molecule has 0 aromatic rings. The van der Waals surface area contributed by atoms with E-state index < -0.39 is 0 Å². The molecule has 0 heterocycles. The van der Waals surface area contributed by atoms with Crippen molar-refractivity contribution in [3.05, 3.63) is 12.2 Å². The second-order valence-electron chi connectivity index (χ2n) is 4.16. The van der Waals surface area contributed by atoms with Gasteiger partial charge in [0.25, 0.3) is 0 Å². The molecule has 0 N–H and O–H groups in total. The molecule has 1 heteroatoms. The first kappa shape index (κ1) is 7.08. The monoisotopic (exact) mass is 150 g/mol. The van der Waals surface area contributed by atoms with E-state index in [0.29, 0.717) is 17.8 Å². The van der Waals surface area contributed by atoms with Crippen molar-refractivity contribution < 1.29 is 4.79 Å². The van der Waals surface area contributed by atoms with Gasteiger partial charge >= 0.3 is 0 Å². The minimum Gasteiger partial charge on any atom is -0.303 e. The fourth-order valence-corrected chi connectivity index (χ4v) is 2.55. The molecular formula is C10H14O. The number of carbonyl (C=O) groups excluding carboxylic acids is 1. The lowest BCUT2D eigenvalue weighted by Gasteiger charge is -2.30. The Hall–Kier alpha value is -0.590. The zero-order valence-electron chi connectivity index (χ0n) is 7.08. The number of rotatable bonds is 1. The first-order chi connectivity index (χ1) is 5.18. The molecule has 11 heavy (non-hydrogen) atoms. The van der Waals surface area contributed by atoms with E-state index in [2.05, 4.69) is 26.0 Å². The molecule has 0 radical (unpaired) electrons. The van der Waals surface area contributed by atoms with Gasteiger partial charge in [0.1, 0.15) is 6.29 Å². The highest BCUT2D eigenvalue weighted by molar-refractivity contribution is 5.62. The van der Waals surface area contributed by atoms with Crippen molar-refractivity contribution in [2.75, 3.05) is 0 Å². The van der Waals surface area contributed by atoms with Crippen molar-refractivity contribution in [3.63, 3.8) is 0 Å². The average molecular weight is 150 g/mol. The van der Waals surface area contributed by atoms with Crippen LogP contribution in [0, 0.1) is 23.2 Å². The molecule has 4 atom stereocenters. The van der Waals surface area contributed by atoms with Crippen LogP contribution in [0.25, 0.3) is 0 Å². The zero-order chi connectivity index (χ0) is 8.06. The van der Waals surface area contributed by atoms with Gasteiger partial charge in [-0.05, 0) is 24.2 Å². The van der Waals surface area contributed by atoms with Gasteiger partial charge in [-0.25, -0.2) is 0 Å². The highest BCUT2D eigenvalue weighted by atomic mass is 16.1. The predicted octanol–water partition coefficient (Wildman–Crippen LogP) is 2.03. The fraction of sp³-hybridized carbons (Fsp3) is 0.700. The molecule has 0 aromatic carbocycles. The Morgan fingerprint density at radius 3 is 2.64 bits per heavy atom. The second kappa shape index (κ2) is 1.96. The Morgan fingerprint density at radius 1 is 1.55 bits per heavy atom. The van der Waals surface area contributed by atoms with Crippen LogP contribution >= 0.6 is 0 Å². The summed E-state index contributed by atoms with van der Waals surface area (Å²) >= 11 is 0. The maximum atomic E-state index is 10.9. The number of carbonyl (C=O) groups is 1. The summed E-state index contributed by atoms with van der Waals surface area (Å²) in [5, 5.41) is 0. The van der Waals surface area contributed by atoms with E-state index in [-0.39, 0.29) is 5.41 Å². The average Bonchev–Trinajstić information content (AvgIpc) is 2.56. The van der Waals surface area contributed by atoms with Crippen LogP contribution in [-0.4, -0.2) is 6.29 Å². The minimum absolute atomic E-state index is 0.0561. The summed E-state index contributed by atoms with van der Waals surface area (Å²) in [4.78, 5) is 10.9.